The summed E-state index contributed by atoms with van der Waals surface area (Å²) in [7, 11) is 1.67. The Hall–Kier alpha value is -2.91. The molecule has 1 aliphatic rings. The van der Waals surface area contributed by atoms with Gasteiger partial charge in [0, 0.05) is 37.9 Å². The lowest BCUT2D eigenvalue weighted by molar-refractivity contribution is -0.136. The molecular weight excluding hydrogens is 399 g/mol. The first-order valence-corrected chi connectivity index (χ1v) is 9.81. The minimum Gasteiger partial charge on any atom is -0.337 e. The number of hydrogen-bond acceptors (Lipinski definition) is 5. The number of fused-ring (bicyclic) bond motifs is 1. The molecule has 1 amide bonds. The Morgan fingerprint density at radius 2 is 2.10 bits per heavy atom. The lowest BCUT2D eigenvalue weighted by atomic mass is 9.91. The second kappa shape index (κ2) is 7.41. The Balaban J connectivity index is 1.72. The van der Waals surface area contributed by atoms with Gasteiger partial charge in [-0.15, -0.1) is 0 Å². The number of amides is 1. The molecule has 4 heterocycles. The molecule has 3 aromatic heterocycles. The number of aromatic nitrogens is 4. The third kappa shape index (κ3) is 3.54. The second-order valence-corrected chi connectivity index (χ2v) is 7.93. The third-order valence-electron chi connectivity index (χ3n) is 5.52. The van der Waals surface area contributed by atoms with Crippen LogP contribution in [-0.4, -0.2) is 43.8 Å². The van der Waals surface area contributed by atoms with Gasteiger partial charge in [-0.2, -0.15) is 18.3 Å². The number of nitrogens with zero attached hydrogens (tertiary/aromatic N) is 5. The number of halogens is 3. The molecule has 0 aromatic carbocycles. The van der Waals surface area contributed by atoms with Gasteiger partial charge in [-0.05, 0) is 30.9 Å². The maximum atomic E-state index is 13.8. The van der Waals surface area contributed by atoms with Crippen molar-refractivity contribution in [3.8, 4) is 0 Å². The monoisotopic (exact) mass is 421 g/mol. The van der Waals surface area contributed by atoms with E-state index in [4.69, 9.17) is 4.52 Å². The van der Waals surface area contributed by atoms with Gasteiger partial charge in [-0.1, -0.05) is 19.0 Å². The lowest BCUT2D eigenvalue weighted by Gasteiger charge is -2.32. The summed E-state index contributed by atoms with van der Waals surface area (Å²) in [5, 5.41) is 7.88. The van der Waals surface area contributed by atoms with Gasteiger partial charge in [0.1, 0.15) is 5.69 Å². The van der Waals surface area contributed by atoms with Crippen molar-refractivity contribution in [2.24, 2.45) is 7.05 Å². The maximum Gasteiger partial charge on any atom is 0.417 e. The molecule has 160 valence electrons. The molecule has 30 heavy (non-hydrogen) atoms. The molecule has 7 nitrogen and oxygen atoms in total. The zero-order valence-corrected chi connectivity index (χ0v) is 16.9. The summed E-state index contributed by atoms with van der Waals surface area (Å²) >= 11 is 0. The molecule has 1 aliphatic heterocycles. The van der Waals surface area contributed by atoms with Gasteiger partial charge in [0.25, 0.3) is 11.6 Å². The van der Waals surface area contributed by atoms with Crippen LogP contribution in [0.15, 0.2) is 22.9 Å². The average Bonchev–Trinajstić information content (AvgIpc) is 3.32. The molecule has 0 radical (unpaired) electrons. The van der Waals surface area contributed by atoms with Gasteiger partial charge < -0.3 is 9.42 Å². The summed E-state index contributed by atoms with van der Waals surface area (Å²) in [6.45, 7) is 4.33. The predicted molar refractivity (Wildman–Crippen MR) is 102 cm³/mol. The number of carbonyl (C=O) groups is 1. The highest BCUT2D eigenvalue weighted by Crippen LogP contribution is 2.40. The molecule has 4 rings (SSSR count). The lowest BCUT2D eigenvalue weighted by Crippen LogP contribution is -2.40. The minimum absolute atomic E-state index is 0.105. The van der Waals surface area contributed by atoms with Gasteiger partial charge in [-0.25, -0.2) is 4.98 Å². The van der Waals surface area contributed by atoms with Crippen molar-refractivity contribution < 1.29 is 22.5 Å². The molecule has 1 fully saturated rings. The van der Waals surface area contributed by atoms with Gasteiger partial charge in [0.2, 0.25) is 0 Å². The second-order valence-electron chi connectivity index (χ2n) is 7.93. The number of rotatable bonds is 3. The fraction of sp³-hybridized carbons (Fsp3) is 0.500. The number of pyridine rings is 1. The molecule has 10 heteroatoms. The van der Waals surface area contributed by atoms with E-state index in [1.807, 2.05) is 0 Å². The summed E-state index contributed by atoms with van der Waals surface area (Å²) in [4.78, 5) is 18.7. The summed E-state index contributed by atoms with van der Waals surface area (Å²) < 4.78 is 48.3. The fourth-order valence-corrected chi connectivity index (χ4v) is 3.92. The van der Waals surface area contributed by atoms with E-state index in [0.717, 1.165) is 6.07 Å². The van der Waals surface area contributed by atoms with E-state index in [0.29, 0.717) is 30.8 Å². The highest BCUT2D eigenvalue weighted by atomic mass is 19.4. The van der Waals surface area contributed by atoms with Gasteiger partial charge in [0.05, 0.1) is 16.6 Å². The highest BCUT2D eigenvalue weighted by molar-refractivity contribution is 5.92. The first kappa shape index (κ1) is 20.4. The normalized spacial score (nSPS) is 17.8. The maximum absolute atomic E-state index is 13.8. The van der Waals surface area contributed by atoms with E-state index in [1.54, 1.807) is 31.9 Å². The van der Waals surface area contributed by atoms with E-state index in [2.05, 4.69) is 15.2 Å². The van der Waals surface area contributed by atoms with Crippen molar-refractivity contribution in [3.63, 3.8) is 0 Å². The molecular formula is C20H22F3N5O2. The first-order valence-electron chi connectivity index (χ1n) is 9.81. The Morgan fingerprint density at radius 3 is 2.73 bits per heavy atom. The average molecular weight is 421 g/mol. The van der Waals surface area contributed by atoms with Crippen LogP contribution < -0.4 is 0 Å². The molecule has 1 saturated heterocycles. The van der Waals surface area contributed by atoms with Gasteiger partial charge in [-0.3, -0.25) is 9.48 Å². The van der Waals surface area contributed by atoms with Crippen LogP contribution in [0.1, 0.15) is 66.0 Å². The third-order valence-corrected chi connectivity index (χ3v) is 5.52. The quantitative estimate of drug-likeness (QED) is 0.636. The van der Waals surface area contributed by atoms with Crippen LogP contribution in [0.5, 0.6) is 0 Å². The topological polar surface area (TPSA) is 77.0 Å². The minimum atomic E-state index is -4.57. The summed E-state index contributed by atoms with van der Waals surface area (Å²) in [5.41, 5.74) is 0.0397. The van der Waals surface area contributed by atoms with Gasteiger partial charge in [0.15, 0.2) is 0 Å². The van der Waals surface area contributed by atoms with E-state index in [-0.39, 0.29) is 41.1 Å². The van der Waals surface area contributed by atoms with Crippen LogP contribution in [0.3, 0.4) is 0 Å². The number of likely N-dealkylation sites (tertiary alicyclic amines) is 1. The molecule has 3 aromatic rings. The summed E-state index contributed by atoms with van der Waals surface area (Å²) in [6, 6.07) is 2.70. The fourth-order valence-electron chi connectivity index (χ4n) is 3.92. The van der Waals surface area contributed by atoms with Crippen LogP contribution in [0.2, 0.25) is 0 Å². The predicted octanol–water partition coefficient (Wildman–Crippen LogP) is 4.12. The molecule has 0 spiro atoms. The van der Waals surface area contributed by atoms with Crippen LogP contribution in [0, 0.1) is 0 Å². The van der Waals surface area contributed by atoms with Crippen molar-refractivity contribution >= 4 is 17.0 Å². The van der Waals surface area contributed by atoms with Crippen molar-refractivity contribution in [1.29, 1.82) is 0 Å². The van der Waals surface area contributed by atoms with E-state index in [9.17, 15) is 18.0 Å². The van der Waals surface area contributed by atoms with Crippen molar-refractivity contribution in [1.82, 2.24) is 24.8 Å². The van der Waals surface area contributed by atoms with Crippen molar-refractivity contribution in [2.75, 3.05) is 13.1 Å². The van der Waals surface area contributed by atoms with E-state index >= 15 is 0 Å². The Kier molecular flexibility index (Phi) is 5.03. The first-order chi connectivity index (χ1) is 14.2. The molecule has 0 bridgehead atoms. The SMILES string of the molecule is CC(C)c1cc(C(F)(F)F)c2c([C@H]3CCCN(C(=O)c4ccnn4C)C3)noc2n1. The number of aryl methyl sites for hydroxylation is 1. The zero-order valence-electron chi connectivity index (χ0n) is 16.9. The molecule has 0 saturated carbocycles. The Bertz CT molecular complexity index is 1090. The Morgan fingerprint density at radius 1 is 1.33 bits per heavy atom. The van der Waals surface area contributed by atoms with Crippen molar-refractivity contribution in [3.05, 3.63) is 41.0 Å². The number of piperidine rings is 1. The summed E-state index contributed by atoms with van der Waals surface area (Å²) in [5.74, 6) is -0.764. The summed E-state index contributed by atoms with van der Waals surface area (Å²) in [6.07, 6.45) is -1.76. The number of carbonyl (C=O) groups excluding carboxylic acids is 1. The zero-order chi connectivity index (χ0) is 21.6. The Labute approximate surface area is 170 Å². The largest absolute Gasteiger partial charge is 0.417 e. The molecule has 1 atom stereocenters. The molecule has 0 aliphatic carbocycles. The van der Waals surface area contributed by atoms with E-state index < -0.39 is 11.7 Å². The van der Waals surface area contributed by atoms with E-state index in [1.165, 1.54) is 10.9 Å². The van der Waals surface area contributed by atoms with Crippen LogP contribution in [0.25, 0.3) is 11.1 Å². The molecule has 0 unspecified atom stereocenters. The highest BCUT2D eigenvalue weighted by Gasteiger charge is 2.38. The van der Waals surface area contributed by atoms with Crippen LogP contribution in [-0.2, 0) is 13.2 Å². The number of alkyl halides is 3. The number of hydrogen-bond donors (Lipinski definition) is 0. The van der Waals surface area contributed by atoms with Crippen LogP contribution in [0.4, 0.5) is 13.2 Å². The smallest absolute Gasteiger partial charge is 0.337 e. The van der Waals surface area contributed by atoms with Crippen LogP contribution >= 0.6 is 0 Å². The molecule has 0 N–H and O–H groups in total. The van der Waals surface area contributed by atoms with Crippen molar-refractivity contribution in [2.45, 2.75) is 44.7 Å². The standard InChI is InChI=1S/C20H22F3N5O2/c1-11(2)14-9-13(20(21,22)23)16-17(26-30-18(16)25-14)12-5-4-8-28(10-12)19(29)15-6-7-24-27(15)3/h6-7,9,11-12H,4-5,8,10H2,1-3H3/t12-/m0/s1. The van der Waals surface area contributed by atoms with Gasteiger partial charge >= 0.3 is 6.18 Å².